The van der Waals surface area contributed by atoms with Gasteiger partial charge in [0.1, 0.15) is 0 Å². The van der Waals surface area contributed by atoms with E-state index in [4.69, 9.17) is 5.26 Å². The van der Waals surface area contributed by atoms with Gasteiger partial charge >= 0.3 is 5.91 Å². The van der Waals surface area contributed by atoms with E-state index in [1.807, 2.05) is 5.43 Å². The van der Waals surface area contributed by atoms with E-state index in [-0.39, 0.29) is 0 Å². The van der Waals surface area contributed by atoms with Crippen LogP contribution in [-0.4, -0.2) is 17.1 Å². The molecule has 64 valence electrons. The molecule has 0 aromatic carbocycles. The lowest BCUT2D eigenvalue weighted by Gasteiger charge is -1.89. The molecule has 5 nitrogen and oxygen atoms in total. The largest absolute Gasteiger partial charge is 0.342 e. The molecule has 0 radical (unpaired) electrons. The highest BCUT2D eigenvalue weighted by molar-refractivity contribution is 5.92. The van der Waals surface area contributed by atoms with Crippen LogP contribution in [-0.2, 0) is 4.79 Å². The van der Waals surface area contributed by atoms with Crippen molar-refractivity contribution in [1.29, 1.82) is 5.26 Å². The van der Waals surface area contributed by atoms with Crippen molar-refractivity contribution >= 4 is 12.1 Å². The summed E-state index contributed by atoms with van der Waals surface area (Å²) in [5, 5.41) is 11.6. The van der Waals surface area contributed by atoms with Crippen molar-refractivity contribution in [1.82, 2.24) is 10.4 Å². The third-order valence-electron chi connectivity index (χ3n) is 1.17. The Morgan fingerprint density at radius 1 is 1.77 bits per heavy atom. The zero-order valence-electron chi connectivity index (χ0n) is 6.64. The highest BCUT2D eigenvalue weighted by Gasteiger charge is 1.91. The number of rotatable bonds is 2. The Morgan fingerprint density at radius 3 is 3.23 bits per heavy atom. The van der Waals surface area contributed by atoms with Gasteiger partial charge in [-0.1, -0.05) is 6.07 Å². The molecule has 0 atom stereocenters. The molecule has 0 fully saturated rings. The van der Waals surface area contributed by atoms with Crippen LogP contribution in [0.1, 0.15) is 5.56 Å². The van der Waals surface area contributed by atoms with Gasteiger partial charge in [-0.05, 0) is 6.07 Å². The Bertz CT molecular complexity index is 352. The zero-order valence-corrected chi connectivity index (χ0v) is 6.64. The number of aromatic nitrogens is 1. The number of hydrazone groups is 1. The number of carbonyl (C=O) groups excluding carboxylic acids is 1. The molecule has 1 rings (SSSR count). The van der Waals surface area contributed by atoms with Gasteiger partial charge in [0.2, 0.25) is 0 Å². The first-order chi connectivity index (χ1) is 6.33. The lowest BCUT2D eigenvalue weighted by molar-refractivity contribution is -0.115. The molecule has 1 N–H and O–H groups in total. The van der Waals surface area contributed by atoms with Gasteiger partial charge < -0.3 is 0 Å². The van der Waals surface area contributed by atoms with Gasteiger partial charge in [0.05, 0.1) is 6.21 Å². The van der Waals surface area contributed by atoms with Crippen LogP contribution in [0.25, 0.3) is 0 Å². The summed E-state index contributed by atoms with van der Waals surface area (Å²) in [5.41, 5.74) is 2.77. The fourth-order valence-electron chi connectivity index (χ4n) is 0.643. The number of hydrogen-bond acceptors (Lipinski definition) is 4. The van der Waals surface area contributed by atoms with Crippen LogP contribution in [0.3, 0.4) is 0 Å². The first-order valence-electron chi connectivity index (χ1n) is 3.46. The maximum absolute atomic E-state index is 10.4. The Balaban J connectivity index is 2.51. The van der Waals surface area contributed by atoms with E-state index in [1.54, 1.807) is 24.5 Å². The van der Waals surface area contributed by atoms with Crippen molar-refractivity contribution in [2.45, 2.75) is 0 Å². The molecule has 0 unspecified atom stereocenters. The molecular formula is C8H6N4O. The number of nitrogens with one attached hydrogen (secondary N) is 1. The number of amides is 1. The van der Waals surface area contributed by atoms with E-state index in [9.17, 15) is 4.79 Å². The number of nitriles is 1. The topological polar surface area (TPSA) is 78.1 Å². The molecule has 13 heavy (non-hydrogen) atoms. The fraction of sp³-hybridized carbons (Fsp3) is 0. The van der Waals surface area contributed by atoms with E-state index in [2.05, 4.69) is 10.1 Å². The summed E-state index contributed by atoms with van der Waals surface area (Å²) in [4.78, 5) is 14.2. The molecule has 0 saturated heterocycles. The second-order valence-electron chi connectivity index (χ2n) is 2.10. The van der Waals surface area contributed by atoms with Crippen LogP contribution < -0.4 is 5.43 Å². The van der Waals surface area contributed by atoms with Crippen LogP contribution >= 0.6 is 0 Å². The summed E-state index contributed by atoms with van der Waals surface area (Å²) < 4.78 is 0. The Morgan fingerprint density at radius 2 is 2.62 bits per heavy atom. The molecule has 0 saturated carbocycles. The maximum atomic E-state index is 10.4. The molecule has 1 heterocycles. The van der Waals surface area contributed by atoms with E-state index < -0.39 is 5.91 Å². The van der Waals surface area contributed by atoms with Gasteiger partial charge in [-0.3, -0.25) is 9.78 Å². The maximum Gasteiger partial charge on any atom is 0.342 e. The van der Waals surface area contributed by atoms with Crippen molar-refractivity contribution in [3.63, 3.8) is 0 Å². The third-order valence-corrected chi connectivity index (χ3v) is 1.17. The van der Waals surface area contributed by atoms with Crippen molar-refractivity contribution in [2.24, 2.45) is 5.10 Å². The minimum atomic E-state index is -0.792. The fourth-order valence-corrected chi connectivity index (χ4v) is 0.643. The van der Waals surface area contributed by atoms with Gasteiger partial charge in [-0.2, -0.15) is 10.4 Å². The zero-order chi connectivity index (χ0) is 9.52. The van der Waals surface area contributed by atoms with Gasteiger partial charge in [0, 0.05) is 18.0 Å². The van der Waals surface area contributed by atoms with E-state index in [0.717, 1.165) is 5.56 Å². The van der Waals surface area contributed by atoms with Crippen LogP contribution in [0, 0.1) is 11.3 Å². The molecule has 0 aliphatic heterocycles. The molecular weight excluding hydrogens is 168 g/mol. The molecule has 0 aliphatic carbocycles. The molecule has 0 bridgehead atoms. The van der Waals surface area contributed by atoms with Gasteiger partial charge in [-0.25, -0.2) is 5.43 Å². The number of nitrogens with zero attached hydrogens (tertiary/aromatic N) is 3. The average molecular weight is 174 g/mol. The molecule has 0 spiro atoms. The van der Waals surface area contributed by atoms with Crippen LogP contribution in [0.2, 0.25) is 0 Å². The minimum absolute atomic E-state index is 0.751. The first-order valence-corrected chi connectivity index (χ1v) is 3.46. The Kier molecular flexibility index (Phi) is 3.15. The summed E-state index contributed by atoms with van der Waals surface area (Å²) in [6.45, 7) is 0. The van der Waals surface area contributed by atoms with Gasteiger partial charge in [0.25, 0.3) is 0 Å². The number of carbonyl (C=O) groups is 1. The second-order valence-corrected chi connectivity index (χ2v) is 2.10. The Hall–Kier alpha value is -2.22. The first kappa shape index (κ1) is 8.87. The van der Waals surface area contributed by atoms with Crippen molar-refractivity contribution in [2.75, 3.05) is 0 Å². The summed E-state index contributed by atoms with van der Waals surface area (Å²) in [6, 6.07) is 4.89. The summed E-state index contributed by atoms with van der Waals surface area (Å²) in [7, 11) is 0. The van der Waals surface area contributed by atoms with Gasteiger partial charge in [-0.15, -0.1) is 0 Å². The highest BCUT2D eigenvalue weighted by atomic mass is 16.2. The summed E-state index contributed by atoms with van der Waals surface area (Å²) >= 11 is 0. The van der Waals surface area contributed by atoms with E-state index >= 15 is 0 Å². The molecule has 1 aromatic rings. The summed E-state index contributed by atoms with van der Waals surface area (Å²) in [6.07, 6.45) is 4.62. The van der Waals surface area contributed by atoms with Crippen LogP contribution in [0.5, 0.6) is 0 Å². The molecule has 5 heteroatoms. The SMILES string of the molecule is N#CC(=O)NN=Cc1cccnc1. The smallest absolute Gasteiger partial charge is 0.264 e. The van der Waals surface area contributed by atoms with Crippen molar-refractivity contribution in [3.8, 4) is 6.07 Å². The van der Waals surface area contributed by atoms with Crippen molar-refractivity contribution in [3.05, 3.63) is 30.1 Å². The normalized spacial score (nSPS) is 9.46. The van der Waals surface area contributed by atoms with Crippen molar-refractivity contribution < 1.29 is 4.79 Å². The minimum Gasteiger partial charge on any atom is -0.264 e. The van der Waals surface area contributed by atoms with Crippen LogP contribution in [0.4, 0.5) is 0 Å². The quantitative estimate of drug-likeness (QED) is 0.391. The molecule has 1 aromatic heterocycles. The number of pyridine rings is 1. The highest BCUT2D eigenvalue weighted by Crippen LogP contribution is 1.89. The number of hydrogen-bond donors (Lipinski definition) is 1. The van der Waals surface area contributed by atoms with E-state index in [1.165, 1.54) is 12.3 Å². The second kappa shape index (κ2) is 4.62. The van der Waals surface area contributed by atoms with E-state index in [0.29, 0.717) is 0 Å². The monoisotopic (exact) mass is 174 g/mol. The standard InChI is InChI=1S/C8H6N4O/c9-4-8(13)12-11-6-7-2-1-3-10-5-7/h1-3,5-6H,(H,12,13). The predicted octanol–water partition coefficient (Wildman–Crippen LogP) is 0.0553. The molecule has 0 aliphatic rings. The predicted molar refractivity (Wildman–Crippen MR) is 45.6 cm³/mol. The lowest BCUT2D eigenvalue weighted by atomic mass is 10.3. The summed E-state index contributed by atoms with van der Waals surface area (Å²) in [5.74, 6) is -0.792. The lowest BCUT2D eigenvalue weighted by Crippen LogP contribution is -2.14. The average Bonchev–Trinajstić information content (AvgIpc) is 2.19. The van der Waals surface area contributed by atoms with Gasteiger partial charge in [0.15, 0.2) is 6.07 Å². The molecule has 1 amide bonds. The Labute approximate surface area is 74.7 Å². The van der Waals surface area contributed by atoms with Crippen LogP contribution in [0.15, 0.2) is 29.6 Å². The third kappa shape index (κ3) is 3.12.